The van der Waals surface area contributed by atoms with Crippen LogP contribution in [-0.4, -0.2) is 66.7 Å². The molecule has 1 amide bonds. The molecule has 1 aliphatic rings. The standard InChI is InChI=1S/C18H26N4O3/c1-3-14-16(22-9-4-6-15(24-2)17(22)20-14)18(23)19-7-5-8-21-10-12-25-13-11-21/h4,6,9H,3,5,7-8,10-13H2,1-2H3,(H,19,23). The zero-order valence-corrected chi connectivity index (χ0v) is 15.0. The molecule has 1 N–H and O–H groups in total. The molecule has 0 aliphatic carbocycles. The van der Waals surface area contributed by atoms with Gasteiger partial charge < -0.3 is 14.8 Å². The molecule has 0 atom stereocenters. The average molecular weight is 346 g/mol. The second-order valence-electron chi connectivity index (χ2n) is 6.09. The van der Waals surface area contributed by atoms with Crippen molar-refractivity contribution in [3.8, 4) is 5.75 Å². The minimum absolute atomic E-state index is 0.0837. The van der Waals surface area contributed by atoms with E-state index in [9.17, 15) is 4.79 Å². The molecular weight excluding hydrogens is 320 g/mol. The molecular formula is C18H26N4O3. The number of imidazole rings is 1. The molecule has 2 aromatic heterocycles. The lowest BCUT2D eigenvalue weighted by molar-refractivity contribution is 0.0374. The number of rotatable bonds is 7. The lowest BCUT2D eigenvalue weighted by atomic mass is 10.2. The molecule has 1 aliphatic heterocycles. The van der Waals surface area contributed by atoms with Gasteiger partial charge in [-0.3, -0.25) is 14.1 Å². The Hall–Kier alpha value is -2.12. The number of hydrogen-bond acceptors (Lipinski definition) is 5. The van der Waals surface area contributed by atoms with E-state index in [0.29, 0.717) is 30.1 Å². The Kier molecular flexibility index (Phi) is 5.88. The van der Waals surface area contributed by atoms with Crippen molar-refractivity contribution in [2.24, 2.45) is 0 Å². The van der Waals surface area contributed by atoms with E-state index in [1.165, 1.54) is 0 Å². The molecule has 0 aromatic carbocycles. The molecule has 0 unspecified atom stereocenters. The summed E-state index contributed by atoms with van der Waals surface area (Å²) in [6.45, 7) is 7.18. The summed E-state index contributed by atoms with van der Waals surface area (Å²) in [6.07, 6.45) is 3.47. The number of fused-ring (bicyclic) bond motifs is 1. The van der Waals surface area contributed by atoms with E-state index in [4.69, 9.17) is 9.47 Å². The van der Waals surface area contributed by atoms with E-state index in [0.717, 1.165) is 45.0 Å². The predicted molar refractivity (Wildman–Crippen MR) is 95.3 cm³/mol. The Bertz CT molecular complexity index is 722. The highest BCUT2D eigenvalue weighted by Gasteiger charge is 2.20. The molecule has 0 radical (unpaired) electrons. The third-order valence-electron chi connectivity index (χ3n) is 4.50. The van der Waals surface area contributed by atoms with Gasteiger partial charge in [0, 0.05) is 25.8 Å². The summed E-state index contributed by atoms with van der Waals surface area (Å²) in [6, 6.07) is 3.72. The van der Waals surface area contributed by atoms with Gasteiger partial charge in [-0.15, -0.1) is 0 Å². The van der Waals surface area contributed by atoms with Crippen molar-refractivity contribution in [1.82, 2.24) is 19.6 Å². The largest absolute Gasteiger partial charge is 0.493 e. The lowest BCUT2D eigenvalue weighted by Gasteiger charge is -2.26. The molecule has 25 heavy (non-hydrogen) atoms. The maximum absolute atomic E-state index is 12.7. The summed E-state index contributed by atoms with van der Waals surface area (Å²) >= 11 is 0. The number of pyridine rings is 1. The number of morpholine rings is 1. The zero-order chi connectivity index (χ0) is 17.6. The first kappa shape index (κ1) is 17.7. The number of nitrogens with zero attached hydrogens (tertiary/aromatic N) is 3. The topological polar surface area (TPSA) is 68.1 Å². The Morgan fingerprint density at radius 2 is 2.20 bits per heavy atom. The van der Waals surface area contributed by atoms with E-state index in [-0.39, 0.29) is 5.91 Å². The molecule has 7 heteroatoms. The maximum Gasteiger partial charge on any atom is 0.270 e. The van der Waals surface area contributed by atoms with Gasteiger partial charge in [0.25, 0.3) is 5.91 Å². The summed E-state index contributed by atoms with van der Waals surface area (Å²) in [7, 11) is 1.61. The van der Waals surface area contributed by atoms with Crippen LogP contribution in [0.1, 0.15) is 29.5 Å². The van der Waals surface area contributed by atoms with Gasteiger partial charge in [0.2, 0.25) is 0 Å². The predicted octanol–water partition coefficient (Wildman–Crippen LogP) is 1.36. The summed E-state index contributed by atoms with van der Waals surface area (Å²) in [5.74, 6) is 0.586. The average Bonchev–Trinajstić information content (AvgIpc) is 3.04. The van der Waals surface area contributed by atoms with Crippen LogP contribution in [0.15, 0.2) is 18.3 Å². The van der Waals surface area contributed by atoms with Crippen molar-refractivity contribution in [3.63, 3.8) is 0 Å². The van der Waals surface area contributed by atoms with Crippen molar-refractivity contribution >= 4 is 11.6 Å². The number of carbonyl (C=O) groups is 1. The van der Waals surface area contributed by atoms with E-state index < -0.39 is 0 Å². The smallest absolute Gasteiger partial charge is 0.270 e. The van der Waals surface area contributed by atoms with Crippen LogP contribution in [0.3, 0.4) is 0 Å². The Labute approximate surface area is 147 Å². The highest BCUT2D eigenvalue weighted by atomic mass is 16.5. The number of methoxy groups -OCH3 is 1. The fraction of sp³-hybridized carbons (Fsp3) is 0.556. The fourth-order valence-corrected chi connectivity index (χ4v) is 3.15. The number of aryl methyl sites for hydroxylation is 1. The van der Waals surface area contributed by atoms with Crippen molar-refractivity contribution < 1.29 is 14.3 Å². The van der Waals surface area contributed by atoms with Gasteiger partial charge in [-0.25, -0.2) is 4.98 Å². The second kappa shape index (κ2) is 8.31. The van der Waals surface area contributed by atoms with E-state index >= 15 is 0 Å². The highest BCUT2D eigenvalue weighted by Crippen LogP contribution is 2.22. The van der Waals surface area contributed by atoms with Crippen LogP contribution < -0.4 is 10.1 Å². The Balaban J connectivity index is 1.65. The molecule has 7 nitrogen and oxygen atoms in total. The van der Waals surface area contributed by atoms with E-state index in [1.807, 2.05) is 29.7 Å². The summed E-state index contributed by atoms with van der Waals surface area (Å²) < 4.78 is 12.5. The monoisotopic (exact) mass is 346 g/mol. The summed E-state index contributed by atoms with van der Waals surface area (Å²) in [4.78, 5) is 19.7. The fourth-order valence-electron chi connectivity index (χ4n) is 3.15. The van der Waals surface area contributed by atoms with Crippen LogP contribution in [0.2, 0.25) is 0 Å². The Morgan fingerprint density at radius 1 is 1.40 bits per heavy atom. The van der Waals surface area contributed by atoms with Crippen molar-refractivity contribution in [2.45, 2.75) is 19.8 Å². The number of aromatic nitrogens is 2. The van der Waals surface area contributed by atoms with E-state index in [1.54, 1.807) is 7.11 Å². The normalized spacial score (nSPS) is 15.4. The number of ether oxygens (including phenoxy) is 2. The molecule has 1 saturated heterocycles. The van der Waals surface area contributed by atoms with E-state index in [2.05, 4.69) is 15.2 Å². The minimum Gasteiger partial charge on any atom is -0.493 e. The number of amides is 1. The van der Waals surface area contributed by atoms with Crippen LogP contribution in [0, 0.1) is 0 Å². The molecule has 0 bridgehead atoms. The van der Waals surface area contributed by atoms with Crippen LogP contribution in [0.25, 0.3) is 5.65 Å². The van der Waals surface area contributed by atoms with Crippen molar-refractivity contribution in [3.05, 3.63) is 29.7 Å². The molecule has 1 fully saturated rings. The molecule has 136 valence electrons. The highest BCUT2D eigenvalue weighted by molar-refractivity contribution is 5.95. The third-order valence-corrected chi connectivity index (χ3v) is 4.50. The van der Waals surface area contributed by atoms with Crippen molar-refractivity contribution in [1.29, 1.82) is 0 Å². The van der Waals surface area contributed by atoms with Crippen LogP contribution in [0.5, 0.6) is 5.75 Å². The number of hydrogen-bond donors (Lipinski definition) is 1. The van der Waals surface area contributed by atoms with Gasteiger partial charge in [-0.05, 0) is 31.5 Å². The van der Waals surface area contributed by atoms with Gasteiger partial charge >= 0.3 is 0 Å². The first-order valence-corrected chi connectivity index (χ1v) is 8.86. The first-order chi connectivity index (χ1) is 12.2. The van der Waals surface area contributed by atoms with Crippen LogP contribution in [-0.2, 0) is 11.2 Å². The molecule has 0 spiro atoms. The molecule has 0 saturated carbocycles. The van der Waals surface area contributed by atoms with Gasteiger partial charge in [-0.2, -0.15) is 0 Å². The molecule has 3 heterocycles. The van der Waals surface area contributed by atoms with Gasteiger partial charge in [0.1, 0.15) is 5.69 Å². The lowest BCUT2D eigenvalue weighted by Crippen LogP contribution is -2.38. The van der Waals surface area contributed by atoms with Gasteiger partial charge in [0.15, 0.2) is 11.4 Å². The first-order valence-electron chi connectivity index (χ1n) is 8.86. The van der Waals surface area contributed by atoms with Crippen molar-refractivity contribution in [2.75, 3.05) is 46.5 Å². The minimum atomic E-state index is -0.0837. The zero-order valence-electron chi connectivity index (χ0n) is 15.0. The summed E-state index contributed by atoms with van der Waals surface area (Å²) in [5, 5.41) is 3.03. The third kappa shape index (κ3) is 3.93. The van der Waals surface area contributed by atoms with Gasteiger partial charge in [0.05, 0.1) is 26.0 Å². The number of nitrogens with one attached hydrogen (secondary N) is 1. The molecule has 3 rings (SSSR count). The van der Waals surface area contributed by atoms with Crippen LogP contribution >= 0.6 is 0 Å². The SMILES string of the molecule is CCc1nc2c(OC)cccn2c1C(=O)NCCCN1CCOCC1. The maximum atomic E-state index is 12.7. The second-order valence-corrected chi connectivity index (χ2v) is 6.09. The Morgan fingerprint density at radius 3 is 2.92 bits per heavy atom. The van der Waals surface area contributed by atoms with Crippen LogP contribution in [0.4, 0.5) is 0 Å². The molecule has 2 aromatic rings. The summed E-state index contributed by atoms with van der Waals surface area (Å²) in [5.41, 5.74) is 2.07. The quantitative estimate of drug-likeness (QED) is 0.767. The van der Waals surface area contributed by atoms with Gasteiger partial charge in [-0.1, -0.05) is 6.92 Å². The number of carbonyl (C=O) groups excluding carboxylic acids is 1.